The van der Waals surface area contributed by atoms with Gasteiger partial charge in [-0.15, -0.1) is 0 Å². The smallest absolute Gasteiger partial charge is 0.260 e. The third-order valence-electron chi connectivity index (χ3n) is 6.23. The zero-order chi connectivity index (χ0) is 24.3. The number of hydrazine groups is 1. The van der Waals surface area contributed by atoms with Crippen LogP contribution in [-0.4, -0.2) is 50.1 Å². The predicted molar refractivity (Wildman–Crippen MR) is 122 cm³/mol. The number of halogens is 3. The number of benzene rings is 2. The first-order valence-corrected chi connectivity index (χ1v) is 12.6. The van der Waals surface area contributed by atoms with Crippen molar-refractivity contribution in [1.82, 2.24) is 9.29 Å². The number of hydrogen-bond acceptors (Lipinski definition) is 7. The molecule has 2 fully saturated rings. The summed E-state index contributed by atoms with van der Waals surface area (Å²) in [5.74, 6) is -4.42. The van der Waals surface area contributed by atoms with Crippen molar-refractivity contribution in [2.45, 2.75) is 23.9 Å². The van der Waals surface area contributed by atoms with Crippen LogP contribution >= 0.6 is 0 Å². The average molecular weight is 504 g/mol. The number of rotatable bonds is 4. The van der Waals surface area contributed by atoms with Crippen LogP contribution in [0.25, 0.3) is 10.8 Å². The average Bonchev–Trinajstić information content (AvgIpc) is 3.63. The highest BCUT2D eigenvalue weighted by Crippen LogP contribution is 2.42. The number of sulfonamides is 1. The quantitative estimate of drug-likeness (QED) is 0.551. The van der Waals surface area contributed by atoms with Gasteiger partial charge in [-0.1, -0.05) is 12.1 Å². The molecule has 0 bridgehead atoms. The van der Waals surface area contributed by atoms with E-state index < -0.39 is 27.5 Å². The number of morpholine rings is 1. The first-order valence-electron chi connectivity index (χ1n) is 11.1. The fourth-order valence-corrected chi connectivity index (χ4v) is 5.73. The minimum Gasteiger partial charge on any atom is -0.379 e. The fraction of sp³-hybridized carbons (Fsp3) is 0.304. The van der Waals surface area contributed by atoms with Gasteiger partial charge in [-0.05, 0) is 30.4 Å². The lowest BCUT2D eigenvalue weighted by Gasteiger charge is -2.25. The molecular weight excluding hydrogens is 483 g/mol. The summed E-state index contributed by atoms with van der Waals surface area (Å²) >= 11 is 0. The summed E-state index contributed by atoms with van der Waals surface area (Å²) < 4.78 is 74.9. The molecule has 8 nitrogen and oxygen atoms in total. The molecule has 1 saturated heterocycles. The zero-order valence-corrected chi connectivity index (χ0v) is 19.2. The van der Waals surface area contributed by atoms with Gasteiger partial charge in [-0.25, -0.2) is 31.6 Å². The first kappa shape index (κ1) is 22.3. The Hall–Kier alpha value is -3.22. The first-order chi connectivity index (χ1) is 16.8. The molecule has 12 heteroatoms. The zero-order valence-electron chi connectivity index (χ0n) is 18.3. The van der Waals surface area contributed by atoms with Crippen molar-refractivity contribution in [3.05, 3.63) is 59.3 Å². The second-order valence-electron chi connectivity index (χ2n) is 8.60. The van der Waals surface area contributed by atoms with E-state index in [-0.39, 0.29) is 48.5 Å². The van der Waals surface area contributed by atoms with E-state index in [0.717, 1.165) is 30.7 Å². The Labute approximate surface area is 198 Å². The maximum Gasteiger partial charge on any atom is 0.260 e. The molecule has 3 heterocycles. The normalized spacial score (nSPS) is 18.8. The summed E-state index contributed by atoms with van der Waals surface area (Å²) in [6, 6.07) is 8.73. The summed E-state index contributed by atoms with van der Waals surface area (Å²) in [5, 5.41) is 3.03. The summed E-state index contributed by atoms with van der Waals surface area (Å²) in [6.45, 7) is 0.871. The molecule has 0 amide bonds. The second-order valence-corrected chi connectivity index (χ2v) is 10.5. The summed E-state index contributed by atoms with van der Waals surface area (Å²) in [7, 11) is -4.02. The van der Waals surface area contributed by atoms with Crippen LogP contribution in [0.4, 0.5) is 30.2 Å². The molecule has 3 aliphatic rings. The molecule has 3 aromatic rings. The Balaban J connectivity index is 1.63. The lowest BCUT2D eigenvalue weighted by Crippen LogP contribution is -2.41. The van der Waals surface area contributed by atoms with Crippen LogP contribution in [0.5, 0.6) is 0 Å². The summed E-state index contributed by atoms with van der Waals surface area (Å²) in [5.41, 5.74) is 4.20. The molecule has 0 radical (unpaired) electrons. The molecule has 2 aromatic carbocycles. The highest BCUT2D eigenvalue weighted by Gasteiger charge is 2.36. The van der Waals surface area contributed by atoms with E-state index in [1.165, 1.54) is 10.4 Å². The SMILES string of the molecule is O=S(=O)(c1cc2cccc3c2c(c(=Nc2cc(F)c(F)c(F)c2)n1)NN3C1CC1)N1CCOCC1. The van der Waals surface area contributed by atoms with Crippen molar-refractivity contribution in [3.63, 3.8) is 0 Å². The monoisotopic (exact) mass is 503 g/mol. The maximum absolute atomic E-state index is 13.9. The number of anilines is 2. The summed E-state index contributed by atoms with van der Waals surface area (Å²) in [6.07, 6.45) is 1.96. The Bertz CT molecular complexity index is 1520. The summed E-state index contributed by atoms with van der Waals surface area (Å²) in [4.78, 5) is 8.67. The minimum atomic E-state index is -4.02. The predicted octanol–water partition coefficient (Wildman–Crippen LogP) is 3.21. The van der Waals surface area contributed by atoms with Crippen LogP contribution in [0.15, 0.2) is 46.4 Å². The minimum absolute atomic E-state index is 0.0761. The van der Waals surface area contributed by atoms with Gasteiger partial charge < -0.3 is 4.74 Å². The van der Waals surface area contributed by atoms with Crippen molar-refractivity contribution in [2.75, 3.05) is 36.7 Å². The van der Waals surface area contributed by atoms with Crippen molar-refractivity contribution in [2.24, 2.45) is 4.99 Å². The number of aromatic nitrogens is 1. The molecule has 2 aliphatic heterocycles. The maximum atomic E-state index is 13.9. The molecule has 0 atom stereocenters. The van der Waals surface area contributed by atoms with Gasteiger partial charge in [-0.3, -0.25) is 10.4 Å². The van der Waals surface area contributed by atoms with E-state index in [1.807, 2.05) is 17.1 Å². The van der Waals surface area contributed by atoms with Crippen LogP contribution in [0, 0.1) is 17.5 Å². The standard InChI is InChI=1S/C23H20F3N5O3S/c24-16-11-14(12-17(25)21(16)26)27-23-22-20-13(2-1-3-18(20)31(29-22)15-4-5-15)10-19(28-23)35(32,33)30-6-8-34-9-7-30/h1-3,10-12,15,29H,4-9H2. The highest BCUT2D eigenvalue weighted by atomic mass is 32.2. The molecule has 0 unspecified atom stereocenters. The number of nitrogens with one attached hydrogen (secondary N) is 1. The van der Waals surface area contributed by atoms with E-state index in [2.05, 4.69) is 15.4 Å². The van der Waals surface area contributed by atoms with Crippen LogP contribution in [0.1, 0.15) is 12.8 Å². The van der Waals surface area contributed by atoms with Gasteiger partial charge in [0, 0.05) is 30.6 Å². The van der Waals surface area contributed by atoms with Gasteiger partial charge in [0.1, 0.15) is 5.69 Å². The van der Waals surface area contributed by atoms with Crippen LogP contribution in [0.2, 0.25) is 0 Å². The number of nitrogens with zero attached hydrogens (tertiary/aromatic N) is 4. The van der Waals surface area contributed by atoms with Crippen LogP contribution in [-0.2, 0) is 14.8 Å². The molecule has 1 aliphatic carbocycles. The lowest BCUT2D eigenvalue weighted by atomic mass is 10.1. The molecule has 1 aromatic heterocycles. The lowest BCUT2D eigenvalue weighted by molar-refractivity contribution is 0.0729. The van der Waals surface area contributed by atoms with Crippen molar-refractivity contribution in [1.29, 1.82) is 0 Å². The number of hydrogen-bond donors (Lipinski definition) is 1. The Kier molecular flexibility index (Phi) is 5.20. The van der Waals surface area contributed by atoms with Crippen molar-refractivity contribution in [3.8, 4) is 0 Å². The fourth-order valence-electron chi connectivity index (χ4n) is 4.36. The Morgan fingerprint density at radius 2 is 1.77 bits per heavy atom. The molecule has 35 heavy (non-hydrogen) atoms. The van der Waals surface area contributed by atoms with Crippen LogP contribution in [0.3, 0.4) is 0 Å². The topological polar surface area (TPSA) is 87.1 Å². The van der Waals surface area contributed by atoms with Gasteiger partial charge in [0.15, 0.2) is 28.0 Å². The van der Waals surface area contributed by atoms with E-state index >= 15 is 0 Å². The molecule has 6 rings (SSSR count). The van der Waals surface area contributed by atoms with Crippen molar-refractivity contribution >= 4 is 37.9 Å². The second kappa shape index (κ2) is 8.18. The van der Waals surface area contributed by atoms with Gasteiger partial charge >= 0.3 is 0 Å². The Morgan fingerprint density at radius 1 is 1.06 bits per heavy atom. The third kappa shape index (κ3) is 3.81. The molecule has 0 spiro atoms. The highest BCUT2D eigenvalue weighted by molar-refractivity contribution is 7.89. The Morgan fingerprint density at radius 3 is 2.46 bits per heavy atom. The molecule has 1 saturated carbocycles. The van der Waals surface area contributed by atoms with Gasteiger partial charge in [0.2, 0.25) is 0 Å². The van der Waals surface area contributed by atoms with Gasteiger partial charge in [0.05, 0.1) is 30.6 Å². The van der Waals surface area contributed by atoms with Crippen molar-refractivity contribution < 1.29 is 26.3 Å². The molecule has 1 N–H and O–H groups in total. The third-order valence-corrected chi connectivity index (χ3v) is 8.01. The van der Waals surface area contributed by atoms with Gasteiger partial charge in [-0.2, -0.15) is 4.31 Å². The molecule has 182 valence electrons. The number of ether oxygens (including phenoxy) is 1. The van der Waals surface area contributed by atoms with E-state index in [1.54, 1.807) is 6.07 Å². The van der Waals surface area contributed by atoms with E-state index in [0.29, 0.717) is 16.5 Å². The van der Waals surface area contributed by atoms with Crippen LogP contribution < -0.4 is 15.9 Å². The van der Waals surface area contributed by atoms with Gasteiger partial charge in [0.25, 0.3) is 10.0 Å². The van der Waals surface area contributed by atoms with E-state index in [4.69, 9.17) is 4.74 Å². The largest absolute Gasteiger partial charge is 0.379 e. The molecular formula is C23H20F3N5O3S. The van der Waals surface area contributed by atoms with E-state index in [9.17, 15) is 21.6 Å².